The van der Waals surface area contributed by atoms with Crippen LogP contribution in [0.1, 0.15) is 30.3 Å². The van der Waals surface area contributed by atoms with Crippen molar-refractivity contribution in [2.45, 2.75) is 37.6 Å². The Balaban J connectivity index is 1.58. The van der Waals surface area contributed by atoms with E-state index < -0.39 is 11.8 Å². The maximum atomic E-state index is 13.7. The van der Waals surface area contributed by atoms with Gasteiger partial charge in [-0.2, -0.15) is 4.98 Å². The lowest BCUT2D eigenvalue weighted by Gasteiger charge is -2.27. The summed E-state index contributed by atoms with van der Waals surface area (Å²) in [7, 11) is 0. The summed E-state index contributed by atoms with van der Waals surface area (Å²) in [5.41, 5.74) is 3.36. The molecule has 0 amide bonds. The Morgan fingerprint density at radius 3 is 3.04 bits per heavy atom. The normalized spacial score (nSPS) is 22.4. The molecule has 0 aliphatic carbocycles. The third-order valence-electron chi connectivity index (χ3n) is 5.21. The molecule has 4 heterocycles. The van der Waals surface area contributed by atoms with Crippen molar-refractivity contribution in [3.8, 4) is 11.4 Å². The van der Waals surface area contributed by atoms with Crippen molar-refractivity contribution < 1.29 is 13.3 Å². The van der Waals surface area contributed by atoms with Crippen molar-refractivity contribution in [1.82, 2.24) is 20.0 Å². The van der Waals surface area contributed by atoms with Crippen molar-refractivity contribution >= 4 is 10.9 Å². The highest BCUT2D eigenvalue weighted by Gasteiger charge is 2.39. The van der Waals surface area contributed by atoms with Crippen LogP contribution in [0, 0.1) is 0 Å². The maximum Gasteiger partial charge on any atom is 0.261 e. The SMILES string of the molecule is FC1(F)CNCC(c2nc(-c3c4n(c5ccccc35)CCC4)no2)C1. The van der Waals surface area contributed by atoms with Crippen LogP contribution in [-0.2, 0) is 13.0 Å². The van der Waals surface area contributed by atoms with E-state index in [-0.39, 0.29) is 13.0 Å². The summed E-state index contributed by atoms with van der Waals surface area (Å²) >= 11 is 0. The van der Waals surface area contributed by atoms with E-state index in [9.17, 15) is 8.78 Å². The zero-order chi connectivity index (χ0) is 17.0. The molecule has 5 nitrogen and oxygen atoms in total. The summed E-state index contributed by atoms with van der Waals surface area (Å²) in [5.74, 6) is -2.38. The van der Waals surface area contributed by atoms with Crippen LogP contribution in [0.5, 0.6) is 0 Å². The van der Waals surface area contributed by atoms with Crippen LogP contribution in [0.3, 0.4) is 0 Å². The van der Waals surface area contributed by atoms with Crippen molar-refractivity contribution in [3.63, 3.8) is 0 Å². The van der Waals surface area contributed by atoms with Crippen molar-refractivity contribution in [2.24, 2.45) is 0 Å². The molecule has 1 fully saturated rings. The lowest BCUT2D eigenvalue weighted by atomic mass is 9.97. The molecule has 1 saturated heterocycles. The van der Waals surface area contributed by atoms with Crippen LogP contribution in [-0.4, -0.2) is 33.7 Å². The Hall–Kier alpha value is -2.28. The number of fused-ring (bicyclic) bond motifs is 3. The van der Waals surface area contributed by atoms with E-state index in [1.54, 1.807) is 0 Å². The number of aromatic nitrogens is 3. The van der Waals surface area contributed by atoms with E-state index in [2.05, 4.69) is 32.2 Å². The second-order valence-electron chi connectivity index (χ2n) is 6.94. The smallest absolute Gasteiger partial charge is 0.261 e. The van der Waals surface area contributed by atoms with E-state index in [0.29, 0.717) is 18.3 Å². The molecule has 130 valence electrons. The fraction of sp³-hybridized carbons (Fsp3) is 0.444. The van der Waals surface area contributed by atoms with E-state index in [4.69, 9.17) is 4.52 Å². The Bertz CT molecular complexity index is 946. The minimum Gasteiger partial charge on any atom is -0.344 e. The standard InChI is InChI=1S/C18H18F2N4O/c19-18(20)8-11(9-21-10-18)17-22-16(23-25-17)15-12-4-1-2-5-13(12)24-7-3-6-14(15)24/h1-2,4-5,11,21H,3,6-10H2. The number of halogens is 2. The maximum absolute atomic E-state index is 13.7. The Morgan fingerprint density at radius 1 is 1.28 bits per heavy atom. The van der Waals surface area contributed by atoms with Gasteiger partial charge in [-0.1, -0.05) is 23.4 Å². The summed E-state index contributed by atoms with van der Waals surface area (Å²) in [5, 5.41) is 7.99. The number of alkyl halides is 2. The first-order chi connectivity index (χ1) is 12.1. The number of nitrogens with zero attached hydrogens (tertiary/aromatic N) is 3. The van der Waals surface area contributed by atoms with Crippen LogP contribution in [0.4, 0.5) is 8.78 Å². The first kappa shape index (κ1) is 15.0. The zero-order valence-electron chi connectivity index (χ0n) is 13.6. The van der Waals surface area contributed by atoms with Crippen molar-refractivity contribution in [3.05, 3.63) is 35.9 Å². The number of hydrogen-bond acceptors (Lipinski definition) is 4. The van der Waals surface area contributed by atoms with Crippen molar-refractivity contribution in [1.29, 1.82) is 0 Å². The van der Waals surface area contributed by atoms with Crippen LogP contribution >= 0.6 is 0 Å². The molecule has 2 aliphatic rings. The molecule has 7 heteroatoms. The highest BCUT2D eigenvalue weighted by atomic mass is 19.3. The molecule has 1 aromatic carbocycles. The molecule has 0 saturated carbocycles. The second-order valence-corrected chi connectivity index (χ2v) is 6.94. The Labute approximate surface area is 143 Å². The topological polar surface area (TPSA) is 55.9 Å². The summed E-state index contributed by atoms with van der Waals surface area (Å²) in [6.45, 7) is 1.13. The third-order valence-corrected chi connectivity index (χ3v) is 5.21. The molecule has 25 heavy (non-hydrogen) atoms. The van der Waals surface area contributed by atoms with E-state index in [1.807, 2.05) is 12.1 Å². The van der Waals surface area contributed by atoms with Gasteiger partial charge in [0.25, 0.3) is 5.92 Å². The van der Waals surface area contributed by atoms with Crippen LogP contribution in [0.25, 0.3) is 22.3 Å². The average molecular weight is 344 g/mol. The third kappa shape index (κ3) is 2.37. The largest absolute Gasteiger partial charge is 0.344 e. The van der Waals surface area contributed by atoms with Gasteiger partial charge in [-0.05, 0) is 18.9 Å². The lowest BCUT2D eigenvalue weighted by Crippen LogP contribution is -2.42. The molecule has 2 aliphatic heterocycles. The zero-order valence-corrected chi connectivity index (χ0v) is 13.6. The minimum absolute atomic E-state index is 0.254. The van der Waals surface area contributed by atoms with Gasteiger partial charge in [-0.15, -0.1) is 0 Å². The van der Waals surface area contributed by atoms with Crippen LogP contribution in [0.2, 0.25) is 0 Å². The van der Waals surface area contributed by atoms with Crippen LogP contribution < -0.4 is 5.32 Å². The Morgan fingerprint density at radius 2 is 2.16 bits per heavy atom. The fourth-order valence-electron chi connectivity index (χ4n) is 4.14. The fourth-order valence-corrected chi connectivity index (χ4v) is 4.14. The molecule has 3 aromatic rings. The Kier molecular flexibility index (Phi) is 3.22. The van der Waals surface area contributed by atoms with Gasteiger partial charge in [0.15, 0.2) is 0 Å². The monoisotopic (exact) mass is 344 g/mol. The van der Waals surface area contributed by atoms with E-state index in [0.717, 1.165) is 30.3 Å². The van der Waals surface area contributed by atoms with Gasteiger partial charge < -0.3 is 14.4 Å². The van der Waals surface area contributed by atoms with E-state index in [1.165, 1.54) is 11.2 Å². The van der Waals surface area contributed by atoms with E-state index >= 15 is 0 Å². The second kappa shape index (κ2) is 5.36. The summed E-state index contributed by atoms with van der Waals surface area (Å²) in [6.07, 6.45) is 1.81. The number of hydrogen-bond donors (Lipinski definition) is 1. The number of piperidine rings is 1. The number of nitrogens with one attached hydrogen (secondary N) is 1. The summed E-state index contributed by atoms with van der Waals surface area (Å²) in [4.78, 5) is 4.51. The molecular weight excluding hydrogens is 326 g/mol. The quantitative estimate of drug-likeness (QED) is 0.775. The molecule has 1 unspecified atom stereocenters. The predicted octanol–water partition coefficient (Wildman–Crippen LogP) is 3.35. The first-order valence-corrected chi connectivity index (χ1v) is 8.65. The number of benzene rings is 1. The molecule has 0 spiro atoms. The van der Waals surface area contributed by atoms with Gasteiger partial charge in [0.05, 0.1) is 18.0 Å². The molecule has 1 N–H and O–H groups in total. The van der Waals surface area contributed by atoms with Crippen LogP contribution in [0.15, 0.2) is 28.8 Å². The molecule has 1 atom stereocenters. The van der Waals surface area contributed by atoms with Gasteiger partial charge in [0, 0.05) is 36.1 Å². The lowest BCUT2D eigenvalue weighted by molar-refractivity contribution is -0.0310. The molecule has 0 bridgehead atoms. The van der Waals surface area contributed by atoms with Gasteiger partial charge >= 0.3 is 0 Å². The molecular formula is C18H18F2N4O. The summed E-state index contributed by atoms with van der Waals surface area (Å²) in [6, 6.07) is 8.17. The van der Waals surface area contributed by atoms with Gasteiger partial charge in [0.2, 0.25) is 11.7 Å². The minimum atomic E-state index is -2.73. The highest BCUT2D eigenvalue weighted by Crippen LogP contribution is 2.38. The first-order valence-electron chi connectivity index (χ1n) is 8.65. The number of aryl methyl sites for hydroxylation is 1. The summed E-state index contributed by atoms with van der Waals surface area (Å²) < 4.78 is 35.0. The number of para-hydroxylation sites is 1. The van der Waals surface area contributed by atoms with Gasteiger partial charge in [0.1, 0.15) is 0 Å². The molecule has 2 aromatic heterocycles. The highest BCUT2D eigenvalue weighted by molar-refractivity contribution is 5.96. The van der Waals surface area contributed by atoms with Gasteiger partial charge in [-0.3, -0.25) is 0 Å². The average Bonchev–Trinajstić information content (AvgIpc) is 3.29. The predicted molar refractivity (Wildman–Crippen MR) is 88.7 cm³/mol. The molecule has 0 radical (unpaired) electrons. The number of rotatable bonds is 2. The van der Waals surface area contributed by atoms with Gasteiger partial charge in [-0.25, -0.2) is 8.78 Å². The molecule has 5 rings (SSSR count). The van der Waals surface area contributed by atoms with Crippen molar-refractivity contribution in [2.75, 3.05) is 13.1 Å².